The molecule has 22 heavy (non-hydrogen) atoms. The minimum absolute atomic E-state index is 0.107. The van der Waals surface area contributed by atoms with Crippen molar-refractivity contribution in [1.82, 2.24) is 15.1 Å². The largest absolute Gasteiger partial charge is 0.326 e. The van der Waals surface area contributed by atoms with Gasteiger partial charge < -0.3 is 5.32 Å². The summed E-state index contributed by atoms with van der Waals surface area (Å²) in [6, 6.07) is 3.42. The molecule has 0 unspecified atom stereocenters. The average molecular weight is 388 g/mol. The first-order chi connectivity index (χ1) is 10.4. The molecule has 0 bridgehead atoms. The first-order valence-electron chi connectivity index (χ1n) is 7.49. The van der Waals surface area contributed by atoms with Gasteiger partial charge in [0.1, 0.15) is 6.04 Å². The molecule has 1 N–H and O–H groups in total. The second-order valence-corrected chi connectivity index (χ2v) is 8.44. The number of imide groups is 1. The summed E-state index contributed by atoms with van der Waals surface area (Å²) in [7, 11) is 0. The number of hydrogen-bond acceptors (Lipinski definition) is 4. The zero-order chi connectivity index (χ0) is 16.3. The predicted molar refractivity (Wildman–Crippen MR) is 91.6 cm³/mol. The molecule has 1 saturated heterocycles. The van der Waals surface area contributed by atoms with Gasteiger partial charge in [-0.25, -0.2) is 9.69 Å². The first kappa shape index (κ1) is 17.4. The number of nitrogens with one attached hydrogen (secondary N) is 1. The number of halogens is 1. The normalized spacial score (nSPS) is 18.6. The Morgan fingerprint density at radius 1 is 1.41 bits per heavy atom. The smallest absolute Gasteiger partial charge is 0.325 e. The monoisotopic (exact) mass is 387 g/mol. The van der Waals surface area contributed by atoms with Crippen LogP contribution in [0.4, 0.5) is 4.79 Å². The third-order valence-corrected chi connectivity index (χ3v) is 5.22. The van der Waals surface area contributed by atoms with Gasteiger partial charge in [0.15, 0.2) is 0 Å². The van der Waals surface area contributed by atoms with Crippen molar-refractivity contribution in [3.8, 4) is 0 Å². The lowest BCUT2D eigenvalue weighted by atomic mass is 10.0. The van der Waals surface area contributed by atoms with Crippen LogP contribution in [0.1, 0.15) is 32.1 Å². The van der Waals surface area contributed by atoms with Gasteiger partial charge in [0.25, 0.3) is 5.91 Å². The molecule has 1 aromatic rings. The van der Waals surface area contributed by atoms with Gasteiger partial charge in [0.05, 0.1) is 10.5 Å². The minimum Gasteiger partial charge on any atom is -0.326 e. The topological polar surface area (TPSA) is 52.6 Å². The molecule has 2 rings (SSSR count). The van der Waals surface area contributed by atoms with Crippen molar-refractivity contribution in [3.05, 3.63) is 20.8 Å². The van der Waals surface area contributed by atoms with Crippen molar-refractivity contribution in [1.29, 1.82) is 0 Å². The maximum atomic E-state index is 12.4. The van der Waals surface area contributed by atoms with Crippen LogP contribution in [-0.4, -0.2) is 41.0 Å². The van der Waals surface area contributed by atoms with Crippen molar-refractivity contribution in [2.75, 3.05) is 13.2 Å². The molecule has 5 nitrogen and oxygen atoms in total. The number of rotatable bonds is 7. The molecule has 0 saturated carbocycles. The van der Waals surface area contributed by atoms with Crippen LogP contribution < -0.4 is 5.32 Å². The van der Waals surface area contributed by atoms with E-state index in [2.05, 4.69) is 46.1 Å². The number of carbonyl (C=O) groups is 2. The van der Waals surface area contributed by atoms with E-state index in [0.29, 0.717) is 19.0 Å². The molecule has 0 radical (unpaired) electrons. The highest BCUT2D eigenvalue weighted by atomic mass is 79.9. The Labute approximate surface area is 143 Å². The fourth-order valence-electron chi connectivity index (χ4n) is 2.46. The van der Waals surface area contributed by atoms with E-state index < -0.39 is 0 Å². The number of nitrogens with zero attached hydrogens (tertiary/aromatic N) is 2. The highest BCUT2D eigenvalue weighted by Crippen LogP contribution is 2.23. The number of hydrogen-bond donors (Lipinski definition) is 1. The van der Waals surface area contributed by atoms with Gasteiger partial charge in [0, 0.05) is 11.4 Å². The number of thiophene rings is 1. The van der Waals surface area contributed by atoms with Crippen LogP contribution in [0.15, 0.2) is 15.9 Å². The molecule has 3 amide bonds. The molecule has 7 heteroatoms. The molecule has 1 aliphatic heterocycles. The van der Waals surface area contributed by atoms with Crippen LogP contribution in [0, 0.1) is 5.92 Å². The second kappa shape index (κ2) is 7.57. The molecule has 1 aliphatic rings. The molecule has 0 spiro atoms. The molecule has 122 valence electrons. The highest BCUT2D eigenvalue weighted by Gasteiger charge is 2.38. The first-order valence-corrected chi connectivity index (χ1v) is 9.10. The Balaban J connectivity index is 1.98. The number of urea groups is 1. The zero-order valence-electron chi connectivity index (χ0n) is 13.1. The number of amides is 3. The maximum Gasteiger partial charge on any atom is 0.325 e. The van der Waals surface area contributed by atoms with E-state index in [4.69, 9.17) is 0 Å². The van der Waals surface area contributed by atoms with Gasteiger partial charge in [0.2, 0.25) is 0 Å². The maximum absolute atomic E-state index is 12.4. The van der Waals surface area contributed by atoms with Crippen LogP contribution in [0.25, 0.3) is 0 Å². The van der Waals surface area contributed by atoms with Crippen molar-refractivity contribution in [3.63, 3.8) is 0 Å². The third kappa shape index (κ3) is 4.30. The van der Waals surface area contributed by atoms with Crippen molar-refractivity contribution < 1.29 is 9.59 Å². The minimum atomic E-state index is -0.373. The lowest BCUT2D eigenvalue weighted by molar-refractivity contribution is -0.129. The summed E-state index contributed by atoms with van der Waals surface area (Å²) in [6.07, 6.45) is 0.686. The fourth-order valence-corrected chi connectivity index (χ4v) is 3.99. The van der Waals surface area contributed by atoms with Gasteiger partial charge in [-0.1, -0.05) is 20.8 Å². The summed E-state index contributed by atoms with van der Waals surface area (Å²) < 4.78 is 1.09. The average Bonchev–Trinajstić information content (AvgIpc) is 2.96. The van der Waals surface area contributed by atoms with Crippen LogP contribution in [-0.2, 0) is 11.3 Å². The Bertz CT molecular complexity index is 547. The summed E-state index contributed by atoms with van der Waals surface area (Å²) >= 11 is 5.12. The van der Waals surface area contributed by atoms with E-state index in [1.165, 1.54) is 9.78 Å². The zero-order valence-corrected chi connectivity index (χ0v) is 15.5. The molecule has 2 heterocycles. The van der Waals surface area contributed by atoms with Crippen LogP contribution in [0.3, 0.4) is 0 Å². The Morgan fingerprint density at radius 3 is 2.68 bits per heavy atom. The van der Waals surface area contributed by atoms with Crippen LogP contribution >= 0.6 is 27.3 Å². The molecule has 1 atom stereocenters. The lowest BCUT2D eigenvalue weighted by Crippen LogP contribution is -2.41. The highest BCUT2D eigenvalue weighted by molar-refractivity contribution is 9.11. The molecule has 1 fully saturated rings. The van der Waals surface area contributed by atoms with Crippen molar-refractivity contribution >= 4 is 39.2 Å². The van der Waals surface area contributed by atoms with Gasteiger partial charge in [-0.05, 0) is 46.9 Å². The van der Waals surface area contributed by atoms with Crippen LogP contribution in [0.5, 0.6) is 0 Å². The molecular formula is C15H22BrN3O2S. The SMILES string of the molecule is CCN(Cc1ccc(Br)s1)CN1C(=O)N[C@H](CC(C)C)C1=O. The second-order valence-electron chi connectivity index (χ2n) is 5.89. The molecular weight excluding hydrogens is 366 g/mol. The molecule has 0 aromatic carbocycles. The standard InChI is InChI=1S/C15H22BrN3O2S/c1-4-18(8-11-5-6-13(16)22-11)9-19-14(20)12(7-10(2)3)17-15(19)21/h5-6,10,12H,4,7-9H2,1-3H3,(H,17,21)/t12-/m1/s1. The van der Waals surface area contributed by atoms with E-state index in [1.807, 2.05) is 13.0 Å². The summed E-state index contributed by atoms with van der Waals surface area (Å²) in [4.78, 5) is 29.0. The number of carbonyl (C=O) groups excluding carboxylic acids is 2. The van der Waals surface area contributed by atoms with E-state index in [-0.39, 0.29) is 18.0 Å². The van der Waals surface area contributed by atoms with E-state index in [9.17, 15) is 9.59 Å². The van der Waals surface area contributed by atoms with E-state index in [1.54, 1.807) is 11.3 Å². The van der Waals surface area contributed by atoms with E-state index in [0.717, 1.165) is 16.9 Å². The van der Waals surface area contributed by atoms with Gasteiger partial charge >= 0.3 is 6.03 Å². The van der Waals surface area contributed by atoms with Crippen molar-refractivity contribution in [2.45, 2.75) is 39.8 Å². The predicted octanol–water partition coefficient (Wildman–Crippen LogP) is 3.26. The third-order valence-electron chi connectivity index (χ3n) is 3.61. The summed E-state index contributed by atoms with van der Waals surface area (Å²) in [5, 5.41) is 2.79. The van der Waals surface area contributed by atoms with Crippen molar-refractivity contribution in [2.24, 2.45) is 5.92 Å². The van der Waals surface area contributed by atoms with Gasteiger partial charge in [-0.2, -0.15) is 0 Å². The van der Waals surface area contributed by atoms with Gasteiger partial charge in [-0.3, -0.25) is 9.69 Å². The van der Waals surface area contributed by atoms with Gasteiger partial charge in [-0.15, -0.1) is 11.3 Å². The van der Waals surface area contributed by atoms with Crippen LogP contribution in [0.2, 0.25) is 0 Å². The Morgan fingerprint density at radius 2 is 2.14 bits per heavy atom. The van der Waals surface area contributed by atoms with E-state index >= 15 is 0 Å². The Kier molecular flexibility index (Phi) is 6.00. The molecule has 0 aliphatic carbocycles. The quantitative estimate of drug-likeness (QED) is 0.730. The summed E-state index contributed by atoms with van der Waals surface area (Å²) in [5.74, 6) is 0.268. The fraction of sp³-hybridized carbons (Fsp3) is 0.600. The molecule has 1 aromatic heterocycles. The Hall–Kier alpha value is -0.920. The summed E-state index contributed by atoms with van der Waals surface area (Å²) in [5.41, 5.74) is 0. The summed E-state index contributed by atoms with van der Waals surface area (Å²) in [6.45, 7) is 7.99. The lowest BCUT2D eigenvalue weighted by Gasteiger charge is -2.24.